The number of ether oxygens (including phenoxy) is 2. The van der Waals surface area contributed by atoms with E-state index in [1.165, 1.54) is 16.8 Å². The van der Waals surface area contributed by atoms with E-state index in [1.807, 2.05) is 65.5 Å². The molecule has 47 heavy (non-hydrogen) atoms. The molecule has 0 radical (unpaired) electrons. The second-order valence-corrected chi connectivity index (χ2v) is 14.2. The summed E-state index contributed by atoms with van der Waals surface area (Å²) in [5.74, 6) is 1.56. The summed E-state index contributed by atoms with van der Waals surface area (Å²) in [4.78, 5) is 13.2. The van der Waals surface area contributed by atoms with Gasteiger partial charge in [-0.25, -0.2) is 8.42 Å². The zero-order chi connectivity index (χ0) is 33.0. The van der Waals surface area contributed by atoms with Crippen LogP contribution in [-0.4, -0.2) is 42.6 Å². The summed E-state index contributed by atoms with van der Waals surface area (Å²) in [5.41, 5.74) is 2.99. The van der Waals surface area contributed by atoms with Gasteiger partial charge in [-0.1, -0.05) is 60.5 Å². The van der Waals surface area contributed by atoms with Crippen molar-refractivity contribution >= 4 is 44.1 Å². The highest BCUT2D eigenvalue weighted by atomic mass is 35.5. The van der Waals surface area contributed by atoms with Crippen LogP contribution in [0.3, 0.4) is 0 Å². The number of nitrogens with zero attached hydrogens (tertiary/aromatic N) is 3. The Bertz CT molecular complexity index is 1920. The van der Waals surface area contributed by atoms with Gasteiger partial charge in [-0.2, -0.15) is 9.40 Å². The smallest absolute Gasteiger partial charge is 0.246 e. The molecule has 6 rings (SSSR count). The molecule has 1 amide bonds. The molecule has 1 saturated carbocycles. The molecule has 1 fully saturated rings. The number of nitrogens with one attached hydrogen (secondary N) is 1. The molecular formula is C36H37ClN4O5S. The monoisotopic (exact) mass is 672 g/mol. The summed E-state index contributed by atoms with van der Waals surface area (Å²) in [7, 11) is -0.987. The molecule has 9 nitrogen and oxygen atoms in total. The molecule has 11 heteroatoms. The Morgan fingerprint density at radius 1 is 0.936 bits per heavy atom. The van der Waals surface area contributed by atoms with Crippen LogP contribution in [-0.2, 0) is 40.9 Å². The molecule has 1 aliphatic carbocycles. The molecule has 244 valence electrons. The summed E-state index contributed by atoms with van der Waals surface area (Å²) < 4.78 is 43.4. The minimum Gasteiger partial charge on any atom is -0.497 e. The number of anilines is 1. The lowest BCUT2D eigenvalue weighted by Crippen LogP contribution is -2.30. The fourth-order valence-corrected chi connectivity index (χ4v) is 7.51. The number of methoxy groups -OCH3 is 2. The number of rotatable bonds is 13. The molecule has 1 N–H and O–H groups in total. The van der Waals surface area contributed by atoms with Gasteiger partial charge in [0, 0.05) is 41.9 Å². The third kappa shape index (κ3) is 7.62. The molecule has 0 spiro atoms. The number of aromatic nitrogens is 2. The average Bonchev–Trinajstić information content (AvgIpc) is 3.46. The number of carbonyl (C=O) groups excluding carboxylic acids is 1. The first kappa shape index (κ1) is 32.6. The van der Waals surface area contributed by atoms with E-state index in [0.29, 0.717) is 51.1 Å². The maximum Gasteiger partial charge on any atom is 0.246 e. The highest BCUT2D eigenvalue weighted by Gasteiger charge is 2.30. The van der Waals surface area contributed by atoms with Crippen LogP contribution in [0, 0.1) is 5.92 Å². The van der Waals surface area contributed by atoms with Crippen molar-refractivity contribution in [3.8, 4) is 11.5 Å². The van der Waals surface area contributed by atoms with Crippen molar-refractivity contribution in [3.05, 3.63) is 113 Å². The van der Waals surface area contributed by atoms with Gasteiger partial charge in [-0.3, -0.25) is 9.48 Å². The maximum absolute atomic E-state index is 14.8. The number of benzene rings is 4. The molecule has 0 saturated heterocycles. The van der Waals surface area contributed by atoms with E-state index >= 15 is 0 Å². The second-order valence-electron chi connectivity index (χ2n) is 11.8. The van der Waals surface area contributed by atoms with E-state index in [1.54, 1.807) is 38.5 Å². The fraction of sp³-hybridized carbons (Fsp3) is 0.278. The first-order valence-corrected chi connectivity index (χ1v) is 17.3. The first-order chi connectivity index (χ1) is 22.7. The van der Waals surface area contributed by atoms with Crippen molar-refractivity contribution in [2.24, 2.45) is 5.92 Å². The van der Waals surface area contributed by atoms with Gasteiger partial charge in [0.15, 0.2) is 0 Å². The quantitative estimate of drug-likeness (QED) is 0.143. The van der Waals surface area contributed by atoms with E-state index in [0.717, 1.165) is 24.0 Å². The summed E-state index contributed by atoms with van der Waals surface area (Å²) in [5, 5.41) is 8.83. The first-order valence-electron chi connectivity index (χ1n) is 15.5. The Morgan fingerprint density at radius 3 is 2.11 bits per heavy atom. The number of fused-ring (bicyclic) bond motifs is 1. The molecule has 5 aromatic rings. The summed E-state index contributed by atoms with van der Waals surface area (Å²) in [6.07, 6.45) is 5.36. The van der Waals surface area contributed by atoms with Crippen molar-refractivity contribution in [1.82, 2.24) is 14.1 Å². The molecular weight excluding hydrogens is 636 g/mol. The minimum atomic E-state index is -4.16. The lowest BCUT2D eigenvalue weighted by atomic mass is 9.85. The van der Waals surface area contributed by atoms with Crippen molar-refractivity contribution in [3.63, 3.8) is 0 Å². The van der Waals surface area contributed by atoms with Gasteiger partial charge >= 0.3 is 0 Å². The second kappa shape index (κ2) is 14.2. The molecule has 0 aliphatic heterocycles. The Kier molecular flexibility index (Phi) is 9.81. The molecule has 4 aromatic carbocycles. The topological polar surface area (TPSA) is 103 Å². The SMILES string of the molecule is COc1ccc(CN(Cc2ccc(OC)cc2)S(=O)(=O)c2cc(NC(=O)Cc3ccccc3Cl)cc3cn(CC4CCC4)nc23)cc1. The third-order valence-corrected chi connectivity index (χ3v) is 10.7. The van der Waals surface area contributed by atoms with E-state index in [9.17, 15) is 13.2 Å². The van der Waals surface area contributed by atoms with Crippen LogP contribution >= 0.6 is 11.6 Å². The molecule has 1 heterocycles. The van der Waals surface area contributed by atoms with Crippen molar-refractivity contribution in [2.75, 3.05) is 19.5 Å². The molecule has 0 bridgehead atoms. The number of carbonyl (C=O) groups is 1. The lowest BCUT2D eigenvalue weighted by molar-refractivity contribution is -0.115. The van der Waals surface area contributed by atoms with E-state index in [2.05, 4.69) is 5.32 Å². The predicted molar refractivity (Wildman–Crippen MR) is 183 cm³/mol. The van der Waals surface area contributed by atoms with Crippen molar-refractivity contribution in [1.29, 1.82) is 0 Å². The van der Waals surface area contributed by atoms with Crippen molar-refractivity contribution < 1.29 is 22.7 Å². The number of sulfonamides is 1. The average molecular weight is 673 g/mol. The predicted octanol–water partition coefficient (Wildman–Crippen LogP) is 7.08. The highest BCUT2D eigenvalue weighted by molar-refractivity contribution is 7.89. The zero-order valence-corrected chi connectivity index (χ0v) is 27.9. The number of amides is 1. The van der Waals surface area contributed by atoms with Gasteiger partial charge in [0.25, 0.3) is 0 Å². The fourth-order valence-electron chi connectivity index (χ4n) is 5.71. The van der Waals surface area contributed by atoms with Gasteiger partial charge in [0.1, 0.15) is 21.9 Å². The maximum atomic E-state index is 14.8. The Hall–Kier alpha value is -4.38. The largest absolute Gasteiger partial charge is 0.497 e. The van der Waals surface area contributed by atoms with E-state index in [-0.39, 0.29) is 30.3 Å². The van der Waals surface area contributed by atoms with Gasteiger partial charge in [0.2, 0.25) is 15.9 Å². The van der Waals surface area contributed by atoms with Crippen LogP contribution in [0.25, 0.3) is 10.9 Å². The number of hydrogen-bond acceptors (Lipinski definition) is 6. The molecule has 0 unspecified atom stereocenters. The Balaban J connectivity index is 1.39. The summed E-state index contributed by atoms with van der Waals surface area (Å²) >= 11 is 6.31. The highest BCUT2D eigenvalue weighted by Crippen LogP contribution is 2.33. The van der Waals surface area contributed by atoms with Gasteiger partial charge in [-0.15, -0.1) is 0 Å². The standard InChI is InChI=1S/C36H37ClN4O5S/c1-45-31-14-10-26(11-15-31)22-41(23-27-12-16-32(46-2)17-13-27)47(43,44)34-20-30(38-35(42)19-28-8-3-4-9-33(28)37)18-29-24-40(39-36(29)34)21-25-6-5-7-25/h3-4,8-18,20,24-25H,5-7,19,21-23H2,1-2H3,(H,38,42). The molecule has 1 aliphatic rings. The Labute approximate surface area is 280 Å². The minimum absolute atomic E-state index is 0.0254. The van der Waals surface area contributed by atoms with Crippen LogP contribution in [0.15, 0.2) is 96.0 Å². The lowest BCUT2D eigenvalue weighted by Gasteiger charge is -2.25. The molecule has 0 atom stereocenters. The third-order valence-electron chi connectivity index (χ3n) is 8.54. The van der Waals surface area contributed by atoms with Gasteiger partial charge in [0.05, 0.1) is 20.6 Å². The van der Waals surface area contributed by atoms with Crippen LogP contribution in [0.4, 0.5) is 5.69 Å². The van der Waals surface area contributed by atoms with Crippen molar-refractivity contribution in [2.45, 2.75) is 50.2 Å². The van der Waals surface area contributed by atoms with E-state index in [4.69, 9.17) is 26.2 Å². The van der Waals surface area contributed by atoms with Gasteiger partial charge < -0.3 is 14.8 Å². The van der Waals surface area contributed by atoms with E-state index < -0.39 is 10.0 Å². The van der Waals surface area contributed by atoms with Gasteiger partial charge in [-0.05, 0) is 77.9 Å². The van der Waals surface area contributed by atoms with Crippen LogP contribution < -0.4 is 14.8 Å². The zero-order valence-electron chi connectivity index (χ0n) is 26.4. The number of halogens is 1. The number of hydrogen-bond donors (Lipinski definition) is 1. The van der Waals surface area contributed by atoms with Crippen LogP contribution in [0.5, 0.6) is 11.5 Å². The Morgan fingerprint density at radius 2 is 1.55 bits per heavy atom. The van der Waals surface area contributed by atoms with Crippen LogP contribution in [0.2, 0.25) is 5.02 Å². The molecule has 1 aromatic heterocycles. The summed E-state index contributed by atoms with van der Waals surface area (Å²) in [6.45, 7) is 0.918. The van der Waals surface area contributed by atoms with Crippen LogP contribution in [0.1, 0.15) is 36.0 Å². The normalized spacial score (nSPS) is 13.4. The summed E-state index contributed by atoms with van der Waals surface area (Å²) in [6, 6.07) is 25.1.